The van der Waals surface area contributed by atoms with E-state index in [0.29, 0.717) is 12.0 Å². The van der Waals surface area contributed by atoms with Crippen LogP contribution in [0.15, 0.2) is 30.3 Å². The van der Waals surface area contributed by atoms with Crippen LogP contribution in [0.1, 0.15) is 39.4 Å². The molecule has 2 aromatic rings. The number of carbonyl (C=O) groups is 1. The second-order valence-electron chi connectivity index (χ2n) is 8.58. The van der Waals surface area contributed by atoms with Gasteiger partial charge < -0.3 is 14.7 Å². The average Bonchev–Trinajstić information content (AvgIpc) is 3.25. The Labute approximate surface area is 177 Å². The number of amides is 1. The first kappa shape index (κ1) is 18.7. The number of carbonyl (C=O) groups excluding carboxylic acids is 1. The largest absolute Gasteiger partial charge is 0.370 e. The van der Waals surface area contributed by atoms with Gasteiger partial charge >= 0.3 is 0 Å². The van der Waals surface area contributed by atoms with E-state index in [0.717, 1.165) is 41.5 Å². The number of hydrogen-bond acceptors (Lipinski definition) is 4. The molecule has 0 bridgehead atoms. The lowest BCUT2D eigenvalue weighted by Gasteiger charge is -2.27. The lowest BCUT2D eigenvalue weighted by molar-refractivity contribution is 0.0985. The van der Waals surface area contributed by atoms with Crippen molar-refractivity contribution in [3.8, 4) is 11.8 Å². The molecule has 5 rings (SSSR count). The van der Waals surface area contributed by atoms with Crippen molar-refractivity contribution in [2.75, 3.05) is 43.5 Å². The van der Waals surface area contributed by atoms with Crippen LogP contribution in [-0.2, 0) is 6.42 Å². The Kier molecular flexibility index (Phi) is 4.85. The van der Waals surface area contributed by atoms with Crippen molar-refractivity contribution in [1.82, 2.24) is 4.90 Å². The molecule has 5 heteroatoms. The molecule has 29 heavy (non-hydrogen) atoms. The maximum absolute atomic E-state index is 13.1. The van der Waals surface area contributed by atoms with Gasteiger partial charge in [0.1, 0.15) is 0 Å². The number of likely N-dealkylation sites (N-methyl/N-ethyl adjacent to an activating group) is 1. The van der Waals surface area contributed by atoms with Gasteiger partial charge in [-0.2, -0.15) is 0 Å². The minimum absolute atomic E-state index is 0.123. The van der Waals surface area contributed by atoms with Crippen LogP contribution in [0.2, 0.25) is 0 Å². The Bertz CT molecular complexity index is 978. The number of hydrogen-bond donors (Lipinski definition) is 0. The van der Waals surface area contributed by atoms with Gasteiger partial charge in [0.05, 0.1) is 9.75 Å². The molecule has 2 fully saturated rings. The molecule has 150 valence electrons. The highest BCUT2D eigenvalue weighted by atomic mass is 32.1. The molecule has 0 radical (unpaired) electrons. The normalized spacial score (nSPS) is 21.3. The number of thiophene rings is 1. The maximum Gasteiger partial charge on any atom is 0.268 e. The van der Waals surface area contributed by atoms with Crippen molar-refractivity contribution in [3.63, 3.8) is 0 Å². The van der Waals surface area contributed by atoms with E-state index in [2.05, 4.69) is 66.1 Å². The third-order valence-corrected chi connectivity index (χ3v) is 7.33. The van der Waals surface area contributed by atoms with Crippen LogP contribution >= 0.6 is 11.3 Å². The molecule has 1 amide bonds. The Morgan fingerprint density at radius 1 is 1.07 bits per heavy atom. The standard InChI is InChI=1S/C24H27N3OS/c1-25(2)21-12-13-26(16-21)19-6-8-20(9-7-19)27-14-11-18-15-22(10-5-17-3-4-17)29-23(18)24(27)28/h6-9,15,17,21H,3-4,11-14,16H2,1-2H3. The zero-order chi connectivity index (χ0) is 20.0. The highest BCUT2D eigenvalue weighted by Crippen LogP contribution is 2.33. The molecule has 2 aliphatic heterocycles. The van der Waals surface area contributed by atoms with Gasteiger partial charge in [0.15, 0.2) is 0 Å². The number of fused-ring (bicyclic) bond motifs is 1. The average molecular weight is 406 g/mol. The fraction of sp³-hybridized carbons (Fsp3) is 0.458. The summed E-state index contributed by atoms with van der Waals surface area (Å²) in [6.07, 6.45) is 4.57. The minimum Gasteiger partial charge on any atom is -0.370 e. The second kappa shape index (κ2) is 7.51. The molecular formula is C24H27N3OS. The summed E-state index contributed by atoms with van der Waals surface area (Å²) in [6.45, 7) is 2.90. The van der Waals surface area contributed by atoms with E-state index in [1.54, 1.807) is 11.3 Å². The van der Waals surface area contributed by atoms with Crippen LogP contribution in [0.4, 0.5) is 11.4 Å². The van der Waals surface area contributed by atoms with Crippen molar-refractivity contribution in [1.29, 1.82) is 0 Å². The van der Waals surface area contributed by atoms with E-state index in [-0.39, 0.29) is 5.91 Å². The molecule has 1 unspecified atom stereocenters. The molecule has 1 saturated heterocycles. The van der Waals surface area contributed by atoms with Gasteiger partial charge in [-0.1, -0.05) is 11.8 Å². The summed E-state index contributed by atoms with van der Waals surface area (Å²) in [5.74, 6) is 7.30. The molecule has 3 aliphatic rings. The quantitative estimate of drug-likeness (QED) is 0.726. The lowest BCUT2D eigenvalue weighted by atomic mass is 10.1. The third-order valence-electron chi connectivity index (χ3n) is 6.25. The molecule has 0 N–H and O–H groups in total. The Hall–Kier alpha value is -2.29. The van der Waals surface area contributed by atoms with E-state index in [1.165, 1.54) is 30.5 Å². The number of benzene rings is 1. The van der Waals surface area contributed by atoms with Crippen molar-refractivity contribution < 1.29 is 4.79 Å². The van der Waals surface area contributed by atoms with Crippen LogP contribution in [0.5, 0.6) is 0 Å². The topological polar surface area (TPSA) is 26.8 Å². The fourth-order valence-corrected chi connectivity index (χ4v) is 5.22. The molecule has 0 spiro atoms. The molecule has 4 nitrogen and oxygen atoms in total. The van der Waals surface area contributed by atoms with Crippen LogP contribution in [0.25, 0.3) is 0 Å². The predicted octanol–water partition coefficient (Wildman–Crippen LogP) is 3.85. The first-order valence-electron chi connectivity index (χ1n) is 10.6. The van der Waals surface area contributed by atoms with Crippen LogP contribution in [-0.4, -0.2) is 50.6 Å². The molecule has 1 atom stereocenters. The van der Waals surface area contributed by atoms with Crippen LogP contribution in [0.3, 0.4) is 0 Å². The van der Waals surface area contributed by atoms with E-state index in [9.17, 15) is 4.79 Å². The van der Waals surface area contributed by atoms with Crippen molar-refractivity contribution in [2.24, 2.45) is 5.92 Å². The molecule has 3 heterocycles. The van der Waals surface area contributed by atoms with Gasteiger partial charge in [0.25, 0.3) is 5.91 Å². The maximum atomic E-state index is 13.1. The summed E-state index contributed by atoms with van der Waals surface area (Å²) < 4.78 is 0. The monoisotopic (exact) mass is 405 g/mol. The smallest absolute Gasteiger partial charge is 0.268 e. The highest BCUT2D eigenvalue weighted by Gasteiger charge is 2.29. The van der Waals surface area contributed by atoms with Crippen LogP contribution in [0, 0.1) is 17.8 Å². The first-order chi connectivity index (χ1) is 14.1. The summed E-state index contributed by atoms with van der Waals surface area (Å²) in [6, 6.07) is 11.3. The van der Waals surface area contributed by atoms with Crippen molar-refractivity contribution >= 4 is 28.6 Å². The summed E-state index contributed by atoms with van der Waals surface area (Å²) in [4.78, 5) is 21.7. The number of nitrogens with zero attached hydrogens (tertiary/aromatic N) is 3. The van der Waals surface area contributed by atoms with Gasteiger partial charge in [-0.25, -0.2) is 0 Å². The highest BCUT2D eigenvalue weighted by molar-refractivity contribution is 7.14. The van der Waals surface area contributed by atoms with E-state index in [4.69, 9.17) is 0 Å². The van der Waals surface area contributed by atoms with Crippen molar-refractivity contribution in [2.45, 2.75) is 31.7 Å². The zero-order valence-electron chi connectivity index (χ0n) is 17.1. The van der Waals surface area contributed by atoms with E-state index >= 15 is 0 Å². The molecule has 1 aromatic heterocycles. The van der Waals surface area contributed by atoms with E-state index in [1.807, 2.05) is 4.90 Å². The molecule has 1 aromatic carbocycles. The number of rotatable bonds is 3. The Balaban J connectivity index is 1.30. The van der Waals surface area contributed by atoms with Gasteiger partial charge in [0.2, 0.25) is 0 Å². The molecule has 1 aliphatic carbocycles. The second-order valence-corrected chi connectivity index (χ2v) is 9.64. The minimum atomic E-state index is 0.123. The fourth-order valence-electron chi connectivity index (χ4n) is 4.20. The zero-order valence-corrected chi connectivity index (χ0v) is 18.0. The van der Waals surface area contributed by atoms with E-state index < -0.39 is 0 Å². The van der Waals surface area contributed by atoms with Gasteiger partial charge in [-0.15, -0.1) is 11.3 Å². The van der Waals surface area contributed by atoms with Gasteiger partial charge in [-0.05, 0) is 75.7 Å². The third kappa shape index (κ3) is 3.80. The summed E-state index contributed by atoms with van der Waals surface area (Å²) in [5, 5.41) is 0. The summed E-state index contributed by atoms with van der Waals surface area (Å²) in [5.41, 5.74) is 3.41. The Morgan fingerprint density at radius 3 is 2.52 bits per heavy atom. The molecule has 1 saturated carbocycles. The first-order valence-corrected chi connectivity index (χ1v) is 11.4. The molecular weight excluding hydrogens is 378 g/mol. The predicted molar refractivity (Wildman–Crippen MR) is 120 cm³/mol. The lowest BCUT2D eigenvalue weighted by Crippen LogP contribution is -2.36. The van der Waals surface area contributed by atoms with Crippen LogP contribution < -0.4 is 9.80 Å². The summed E-state index contributed by atoms with van der Waals surface area (Å²) >= 11 is 1.56. The van der Waals surface area contributed by atoms with Crippen molar-refractivity contribution in [3.05, 3.63) is 45.6 Å². The SMILES string of the molecule is CN(C)C1CCN(c2ccc(N3CCc4cc(C#CC5CC5)sc4C3=O)cc2)C1. The Morgan fingerprint density at radius 2 is 1.83 bits per heavy atom. The van der Waals surface area contributed by atoms with Gasteiger partial charge in [-0.3, -0.25) is 4.79 Å². The summed E-state index contributed by atoms with van der Waals surface area (Å²) in [7, 11) is 4.31. The van der Waals surface area contributed by atoms with Gasteiger partial charge in [0, 0.05) is 43.0 Å². The number of anilines is 2.